The fraction of sp³-hybridized carbons (Fsp3) is 0.353. The molecule has 2 amide bonds. The topological polar surface area (TPSA) is 171 Å². The Labute approximate surface area is 269 Å². The van der Waals surface area contributed by atoms with E-state index in [0.717, 1.165) is 42.5 Å². The minimum atomic E-state index is -4.02. The Hall–Kier alpha value is -4.55. The molecular formula is C34H40N4O7S. The highest BCUT2D eigenvalue weighted by atomic mass is 32.2. The largest absolute Gasteiger partial charge is 0.464 e. The summed E-state index contributed by atoms with van der Waals surface area (Å²) in [4.78, 5) is 40.3. The van der Waals surface area contributed by atoms with E-state index in [1.807, 2.05) is 60.4 Å². The molecule has 11 nitrogen and oxygen atoms in total. The van der Waals surface area contributed by atoms with Crippen LogP contribution in [-0.4, -0.2) is 79.2 Å². The van der Waals surface area contributed by atoms with Crippen LogP contribution in [0.1, 0.15) is 53.6 Å². The van der Waals surface area contributed by atoms with E-state index in [9.17, 15) is 22.8 Å². The van der Waals surface area contributed by atoms with Gasteiger partial charge in [0, 0.05) is 43.6 Å². The number of hydrogen-bond donors (Lipinski definition) is 3. The summed E-state index contributed by atoms with van der Waals surface area (Å²) in [7, 11) is -4.02. The summed E-state index contributed by atoms with van der Waals surface area (Å²) in [6.45, 7) is 4.55. The number of hydrogen-bond acceptors (Lipinski definition) is 7. The third-order valence-corrected chi connectivity index (χ3v) is 9.00. The molecule has 0 spiro atoms. The quantitative estimate of drug-likeness (QED) is 0.134. The molecule has 244 valence electrons. The first kappa shape index (κ1) is 34.3. The van der Waals surface area contributed by atoms with Crippen molar-refractivity contribution in [3.8, 4) is 11.1 Å². The van der Waals surface area contributed by atoms with Crippen LogP contribution >= 0.6 is 0 Å². The predicted molar refractivity (Wildman–Crippen MR) is 174 cm³/mol. The van der Waals surface area contributed by atoms with Crippen LogP contribution in [0.3, 0.4) is 0 Å². The number of carbonyl (C=O) groups excluding carboxylic acids is 3. The van der Waals surface area contributed by atoms with Gasteiger partial charge in [-0.3, -0.25) is 24.3 Å². The van der Waals surface area contributed by atoms with Gasteiger partial charge in [-0.05, 0) is 67.5 Å². The second kappa shape index (κ2) is 15.6. The van der Waals surface area contributed by atoms with Gasteiger partial charge < -0.3 is 20.3 Å². The second-order valence-corrected chi connectivity index (χ2v) is 12.9. The van der Waals surface area contributed by atoms with Crippen LogP contribution < -0.4 is 5.73 Å². The molecule has 3 aromatic rings. The first-order valence-electron chi connectivity index (χ1n) is 15.2. The van der Waals surface area contributed by atoms with Gasteiger partial charge in [-0.1, -0.05) is 54.1 Å². The van der Waals surface area contributed by atoms with Crippen LogP contribution in [0.5, 0.6) is 0 Å². The molecule has 0 aliphatic carbocycles. The number of nitrogen functional groups attached to an aromatic ring is 1. The standard InChI is InChI=1S/C27H32N4O4.C7H8O3S/c28-26(29)22-7-3-20(4-8-22)21-5-9-23(10-6-21)27(34)31-14-11-19(12-15-31)18-25(33)35-17-16-30-13-1-2-24(30)32;1-6-2-4-7(5-3-6)11(8,9)10/h3-10,19H,1-2,11-18H2,(H3,28,29);2-5H,1H3,(H,8,9,10). The van der Waals surface area contributed by atoms with Crippen LogP contribution in [0.15, 0.2) is 77.7 Å². The highest BCUT2D eigenvalue weighted by Gasteiger charge is 2.26. The molecular weight excluding hydrogens is 608 g/mol. The molecule has 5 rings (SSSR count). The Morgan fingerprint density at radius 2 is 1.48 bits per heavy atom. The molecule has 0 radical (unpaired) electrons. The molecule has 2 heterocycles. The maximum absolute atomic E-state index is 13.0. The van der Waals surface area contributed by atoms with Crippen molar-refractivity contribution in [2.75, 3.05) is 32.8 Å². The molecule has 4 N–H and O–H groups in total. The van der Waals surface area contributed by atoms with Crippen molar-refractivity contribution >= 4 is 33.7 Å². The molecule has 0 saturated carbocycles. The number of amidine groups is 1. The van der Waals surface area contributed by atoms with E-state index in [-0.39, 0.29) is 41.0 Å². The minimum Gasteiger partial charge on any atom is -0.464 e. The Balaban J connectivity index is 0.000000369. The SMILES string of the molecule is Cc1ccc(S(=O)(=O)O)cc1.N=C(N)c1ccc(-c2ccc(C(=O)N3CCC(CC(=O)OCCN4CCCC4=O)CC3)cc2)cc1. The number of nitrogens with one attached hydrogen (secondary N) is 1. The van der Waals surface area contributed by atoms with Crippen LogP contribution in [0.4, 0.5) is 0 Å². The summed E-state index contributed by atoms with van der Waals surface area (Å²) < 4.78 is 34.9. The zero-order chi connectivity index (χ0) is 33.3. The Morgan fingerprint density at radius 1 is 0.913 bits per heavy atom. The number of carbonyl (C=O) groups is 3. The van der Waals surface area contributed by atoms with Crippen LogP contribution in [-0.2, 0) is 24.4 Å². The van der Waals surface area contributed by atoms with E-state index in [0.29, 0.717) is 43.6 Å². The lowest BCUT2D eigenvalue weighted by atomic mass is 9.93. The maximum Gasteiger partial charge on any atom is 0.306 e. The van der Waals surface area contributed by atoms with Gasteiger partial charge in [0.1, 0.15) is 12.4 Å². The fourth-order valence-corrected chi connectivity index (χ4v) is 5.87. The van der Waals surface area contributed by atoms with Crippen molar-refractivity contribution in [2.24, 2.45) is 11.7 Å². The normalized spacial score (nSPS) is 15.2. The van der Waals surface area contributed by atoms with E-state index >= 15 is 0 Å². The van der Waals surface area contributed by atoms with E-state index in [1.54, 1.807) is 17.0 Å². The third kappa shape index (κ3) is 9.72. The van der Waals surface area contributed by atoms with Gasteiger partial charge in [0.15, 0.2) is 0 Å². The Kier molecular flexibility index (Phi) is 11.7. The van der Waals surface area contributed by atoms with Crippen molar-refractivity contribution in [3.63, 3.8) is 0 Å². The van der Waals surface area contributed by atoms with Crippen LogP contribution in [0.25, 0.3) is 11.1 Å². The predicted octanol–water partition coefficient (Wildman–Crippen LogP) is 4.29. The number of likely N-dealkylation sites (tertiary alicyclic amines) is 2. The Morgan fingerprint density at radius 3 is 1.98 bits per heavy atom. The molecule has 3 aromatic carbocycles. The molecule has 0 aromatic heterocycles. The number of nitrogens with zero attached hydrogens (tertiary/aromatic N) is 2. The number of nitrogens with two attached hydrogens (primary N) is 1. The van der Waals surface area contributed by atoms with E-state index in [1.165, 1.54) is 12.1 Å². The molecule has 12 heteroatoms. The highest BCUT2D eigenvalue weighted by molar-refractivity contribution is 7.85. The summed E-state index contributed by atoms with van der Waals surface area (Å²) in [6, 6.07) is 21.0. The van der Waals surface area contributed by atoms with E-state index < -0.39 is 10.1 Å². The van der Waals surface area contributed by atoms with Gasteiger partial charge in [-0.2, -0.15) is 8.42 Å². The van der Waals surface area contributed by atoms with Crippen molar-refractivity contribution in [1.29, 1.82) is 5.41 Å². The summed E-state index contributed by atoms with van der Waals surface area (Å²) in [5.41, 5.74) is 9.77. The zero-order valence-corrected chi connectivity index (χ0v) is 26.7. The number of amides is 2. The molecule has 2 aliphatic rings. The van der Waals surface area contributed by atoms with Gasteiger partial charge >= 0.3 is 5.97 Å². The smallest absolute Gasteiger partial charge is 0.306 e. The van der Waals surface area contributed by atoms with E-state index in [4.69, 9.17) is 20.4 Å². The van der Waals surface area contributed by atoms with Gasteiger partial charge in [0.2, 0.25) is 5.91 Å². The van der Waals surface area contributed by atoms with Crippen LogP contribution in [0.2, 0.25) is 0 Å². The summed E-state index contributed by atoms with van der Waals surface area (Å²) in [6.07, 6.45) is 3.36. The minimum absolute atomic E-state index is 0.000200. The molecule has 46 heavy (non-hydrogen) atoms. The average molecular weight is 649 g/mol. The summed E-state index contributed by atoms with van der Waals surface area (Å²) >= 11 is 0. The molecule has 2 fully saturated rings. The number of ether oxygens (including phenoxy) is 1. The maximum atomic E-state index is 13.0. The molecule has 0 unspecified atom stereocenters. The van der Waals surface area contributed by atoms with Crippen molar-refractivity contribution in [1.82, 2.24) is 9.80 Å². The van der Waals surface area contributed by atoms with Gasteiger partial charge in [-0.15, -0.1) is 0 Å². The van der Waals surface area contributed by atoms with E-state index in [2.05, 4.69) is 0 Å². The number of esters is 1. The molecule has 0 bridgehead atoms. The number of piperidine rings is 1. The van der Waals surface area contributed by atoms with Gasteiger partial charge in [0.25, 0.3) is 16.0 Å². The molecule has 2 aliphatic heterocycles. The molecule has 2 saturated heterocycles. The first-order chi connectivity index (χ1) is 21.9. The third-order valence-electron chi connectivity index (χ3n) is 8.13. The number of benzene rings is 3. The summed E-state index contributed by atoms with van der Waals surface area (Å²) in [5.74, 6) is 0.151. The van der Waals surface area contributed by atoms with Crippen LogP contribution in [0, 0.1) is 18.3 Å². The van der Waals surface area contributed by atoms with Gasteiger partial charge in [0.05, 0.1) is 11.4 Å². The average Bonchev–Trinajstić information content (AvgIpc) is 3.45. The monoisotopic (exact) mass is 648 g/mol. The fourth-order valence-electron chi connectivity index (χ4n) is 5.39. The lowest BCUT2D eigenvalue weighted by Gasteiger charge is -2.31. The second-order valence-electron chi connectivity index (χ2n) is 11.5. The van der Waals surface area contributed by atoms with Gasteiger partial charge in [-0.25, -0.2) is 0 Å². The van der Waals surface area contributed by atoms with Crippen molar-refractivity contribution in [3.05, 3.63) is 89.5 Å². The lowest BCUT2D eigenvalue weighted by Crippen LogP contribution is -2.39. The van der Waals surface area contributed by atoms with Crippen molar-refractivity contribution < 1.29 is 32.1 Å². The number of rotatable bonds is 9. The highest BCUT2D eigenvalue weighted by Crippen LogP contribution is 2.24. The summed E-state index contributed by atoms with van der Waals surface area (Å²) in [5, 5.41) is 7.49. The zero-order valence-electron chi connectivity index (χ0n) is 25.9. The first-order valence-corrected chi connectivity index (χ1v) is 16.7. The number of aryl methyl sites for hydroxylation is 1. The Bertz CT molecular complexity index is 1630. The lowest BCUT2D eigenvalue weighted by molar-refractivity contribution is -0.146. The molecule has 0 atom stereocenters. The van der Waals surface area contributed by atoms with Crippen molar-refractivity contribution in [2.45, 2.75) is 43.9 Å².